The summed E-state index contributed by atoms with van der Waals surface area (Å²) in [6.45, 7) is 0. The highest BCUT2D eigenvalue weighted by atomic mass is 35.5. The van der Waals surface area contributed by atoms with Gasteiger partial charge in [-0.3, -0.25) is 4.72 Å². The maximum Gasteiger partial charge on any atom is 0.271 e. The molecule has 1 N–H and O–H groups in total. The van der Waals surface area contributed by atoms with Crippen molar-refractivity contribution in [3.8, 4) is 11.3 Å². The summed E-state index contributed by atoms with van der Waals surface area (Å²) in [5, 5.41) is 0. The molecule has 0 aliphatic carbocycles. The highest BCUT2D eigenvalue weighted by Gasteiger charge is 2.16. The van der Waals surface area contributed by atoms with E-state index in [0.29, 0.717) is 10.0 Å². The van der Waals surface area contributed by atoms with Crippen LogP contribution in [0.4, 0.5) is 5.69 Å². The summed E-state index contributed by atoms with van der Waals surface area (Å²) in [4.78, 5) is 4.55. The lowest BCUT2D eigenvalue weighted by atomic mass is 10.1. The average molecular weight is 390 g/mol. The molecule has 1 aromatic carbocycles. The Hall–Kier alpha value is -2.35. The third-order valence-electron chi connectivity index (χ3n) is 3.61. The Labute approximate surface area is 153 Å². The molecular weight excluding hydrogens is 378 g/mol. The molecule has 0 unspecified atom stereocenters. The minimum absolute atomic E-state index is 0.182. The number of sulfonamides is 1. The molecule has 0 fully saturated rings. The van der Waals surface area contributed by atoms with Crippen molar-refractivity contribution in [2.24, 2.45) is 0 Å². The van der Waals surface area contributed by atoms with Gasteiger partial charge in [0.1, 0.15) is 9.86 Å². The van der Waals surface area contributed by atoms with Crippen LogP contribution in [0.2, 0.25) is 4.34 Å². The number of hydrogen-bond donors (Lipinski definition) is 1. The van der Waals surface area contributed by atoms with Crippen LogP contribution in [-0.4, -0.2) is 17.8 Å². The van der Waals surface area contributed by atoms with E-state index in [2.05, 4.69) is 9.71 Å². The van der Waals surface area contributed by atoms with Gasteiger partial charge in [0.05, 0.1) is 10.0 Å². The molecule has 5 nitrogen and oxygen atoms in total. The maximum atomic E-state index is 12.3. The molecule has 126 valence electrons. The van der Waals surface area contributed by atoms with Crippen LogP contribution in [-0.2, 0) is 10.0 Å². The van der Waals surface area contributed by atoms with E-state index in [0.717, 1.165) is 28.2 Å². The van der Waals surface area contributed by atoms with Crippen molar-refractivity contribution in [3.63, 3.8) is 0 Å². The minimum atomic E-state index is -3.63. The fourth-order valence-corrected chi connectivity index (χ4v) is 4.97. The van der Waals surface area contributed by atoms with E-state index in [9.17, 15) is 8.42 Å². The van der Waals surface area contributed by atoms with Crippen LogP contribution < -0.4 is 4.72 Å². The van der Waals surface area contributed by atoms with Gasteiger partial charge in [-0.15, -0.1) is 11.3 Å². The second kappa shape index (κ2) is 6.18. The predicted octanol–water partition coefficient (Wildman–Crippen LogP) is 4.52. The molecule has 0 bridgehead atoms. The highest BCUT2D eigenvalue weighted by Crippen LogP contribution is 2.28. The number of anilines is 1. The Morgan fingerprint density at radius 3 is 2.52 bits per heavy atom. The van der Waals surface area contributed by atoms with Gasteiger partial charge in [0.25, 0.3) is 10.0 Å². The molecule has 0 atom stereocenters. The zero-order chi connectivity index (χ0) is 17.4. The Morgan fingerprint density at radius 1 is 1.04 bits per heavy atom. The average Bonchev–Trinajstić information content (AvgIpc) is 3.21. The number of halogens is 1. The SMILES string of the molecule is O=S(=O)(Nc1ccc(-c2cn3ccccc3n2)cc1)c1ccc(Cl)s1. The van der Waals surface area contributed by atoms with Crippen LogP contribution in [0.25, 0.3) is 16.9 Å². The van der Waals surface area contributed by atoms with E-state index in [1.54, 1.807) is 18.2 Å². The van der Waals surface area contributed by atoms with Crippen LogP contribution in [0.1, 0.15) is 0 Å². The molecular formula is C17H12ClN3O2S2. The second-order valence-electron chi connectivity index (χ2n) is 5.33. The first kappa shape index (κ1) is 16.1. The number of thiophene rings is 1. The van der Waals surface area contributed by atoms with Crippen molar-refractivity contribution in [1.82, 2.24) is 9.38 Å². The summed E-state index contributed by atoms with van der Waals surface area (Å²) in [7, 11) is -3.63. The van der Waals surface area contributed by atoms with E-state index in [-0.39, 0.29) is 4.21 Å². The van der Waals surface area contributed by atoms with Gasteiger partial charge in [-0.05, 0) is 36.4 Å². The first-order valence-corrected chi connectivity index (χ1v) is 10.0. The topological polar surface area (TPSA) is 63.5 Å². The molecule has 0 aliphatic rings. The van der Waals surface area contributed by atoms with Gasteiger partial charge < -0.3 is 4.40 Å². The summed E-state index contributed by atoms with van der Waals surface area (Å²) in [5.74, 6) is 0. The van der Waals surface area contributed by atoms with Crippen molar-refractivity contribution < 1.29 is 8.42 Å². The molecule has 0 radical (unpaired) electrons. The lowest BCUT2D eigenvalue weighted by Gasteiger charge is -2.06. The number of aromatic nitrogens is 2. The third-order valence-corrected chi connectivity index (χ3v) is 6.71. The van der Waals surface area contributed by atoms with E-state index in [1.165, 1.54) is 6.07 Å². The zero-order valence-electron chi connectivity index (χ0n) is 12.8. The van der Waals surface area contributed by atoms with Crippen LogP contribution in [0.3, 0.4) is 0 Å². The number of pyridine rings is 1. The van der Waals surface area contributed by atoms with Crippen molar-refractivity contribution in [2.75, 3.05) is 4.72 Å². The Morgan fingerprint density at radius 2 is 1.84 bits per heavy atom. The number of hydrogen-bond acceptors (Lipinski definition) is 4. The quantitative estimate of drug-likeness (QED) is 0.558. The first-order valence-electron chi connectivity index (χ1n) is 7.34. The number of fused-ring (bicyclic) bond motifs is 1. The summed E-state index contributed by atoms with van der Waals surface area (Å²) < 4.78 is 29.7. The number of benzene rings is 1. The first-order chi connectivity index (χ1) is 12.0. The van der Waals surface area contributed by atoms with Crippen molar-refractivity contribution in [1.29, 1.82) is 0 Å². The van der Waals surface area contributed by atoms with Crippen LogP contribution in [0.15, 0.2) is 71.2 Å². The fourth-order valence-electron chi connectivity index (χ4n) is 2.43. The van der Waals surface area contributed by atoms with Crippen LogP contribution in [0.5, 0.6) is 0 Å². The molecule has 0 amide bonds. The molecule has 0 saturated heterocycles. The van der Waals surface area contributed by atoms with Gasteiger partial charge in [-0.1, -0.05) is 29.8 Å². The molecule has 0 aliphatic heterocycles. The van der Waals surface area contributed by atoms with E-state index in [1.807, 2.05) is 47.1 Å². The maximum absolute atomic E-state index is 12.3. The largest absolute Gasteiger partial charge is 0.306 e. The van der Waals surface area contributed by atoms with Gasteiger partial charge in [-0.2, -0.15) is 0 Å². The minimum Gasteiger partial charge on any atom is -0.306 e. The number of imidazole rings is 1. The van der Waals surface area contributed by atoms with Crippen molar-refractivity contribution >= 4 is 44.3 Å². The van der Waals surface area contributed by atoms with Gasteiger partial charge in [-0.25, -0.2) is 13.4 Å². The number of nitrogens with one attached hydrogen (secondary N) is 1. The molecule has 4 aromatic rings. The highest BCUT2D eigenvalue weighted by molar-refractivity contribution is 7.94. The van der Waals surface area contributed by atoms with Gasteiger partial charge >= 0.3 is 0 Å². The fraction of sp³-hybridized carbons (Fsp3) is 0. The van der Waals surface area contributed by atoms with Crippen molar-refractivity contribution in [3.05, 3.63) is 71.3 Å². The van der Waals surface area contributed by atoms with E-state index < -0.39 is 10.0 Å². The van der Waals surface area contributed by atoms with Gasteiger partial charge in [0.15, 0.2) is 0 Å². The Balaban J connectivity index is 1.59. The monoisotopic (exact) mass is 389 g/mol. The molecule has 3 heterocycles. The van der Waals surface area contributed by atoms with E-state index in [4.69, 9.17) is 11.6 Å². The van der Waals surface area contributed by atoms with E-state index >= 15 is 0 Å². The normalized spacial score (nSPS) is 11.7. The van der Waals surface area contributed by atoms with Gasteiger partial charge in [0, 0.05) is 23.6 Å². The third kappa shape index (κ3) is 3.26. The zero-order valence-corrected chi connectivity index (χ0v) is 15.1. The van der Waals surface area contributed by atoms with Crippen molar-refractivity contribution in [2.45, 2.75) is 4.21 Å². The molecule has 0 spiro atoms. The Kier molecular flexibility index (Phi) is 3.99. The molecule has 0 saturated carbocycles. The lowest BCUT2D eigenvalue weighted by Crippen LogP contribution is -2.11. The summed E-state index contributed by atoms with van der Waals surface area (Å²) in [6, 6.07) is 15.9. The summed E-state index contributed by atoms with van der Waals surface area (Å²) >= 11 is 6.83. The van der Waals surface area contributed by atoms with Gasteiger partial charge in [0.2, 0.25) is 0 Å². The van der Waals surface area contributed by atoms with Crippen LogP contribution >= 0.6 is 22.9 Å². The Bertz CT molecular complexity index is 1120. The smallest absolute Gasteiger partial charge is 0.271 e. The number of nitrogens with zero attached hydrogens (tertiary/aromatic N) is 2. The van der Waals surface area contributed by atoms with Crippen LogP contribution in [0, 0.1) is 0 Å². The predicted molar refractivity (Wildman–Crippen MR) is 101 cm³/mol. The number of rotatable bonds is 4. The molecule has 25 heavy (non-hydrogen) atoms. The lowest BCUT2D eigenvalue weighted by molar-refractivity contribution is 0.603. The second-order valence-corrected chi connectivity index (χ2v) is 8.96. The standard InChI is InChI=1S/C17H12ClN3O2S2/c18-15-8-9-17(24-15)25(22,23)20-13-6-4-12(5-7-13)14-11-21-10-2-1-3-16(21)19-14/h1-11,20H. The molecule has 3 aromatic heterocycles. The molecule has 8 heteroatoms. The summed E-state index contributed by atoms with van der Waals surface area (Å²) in [5.41, 5.74) is 3.07. The summed E-state index contributed by atoms with van der Waals surface area (Å²) in [6.07, 6.45) is 3.86. The molecule has 4 rings (SSSR count).